The number of aliphatic hydroxyl groups excluding tert-OH is 1. The van der Waals surface area contributed by atoms with Crippen LogP contribution < -0.4 is 15.6 Å². The fourth-order valence-corrected chi connectivity index (χ4v) is 4.29. The van der Waals surface area contributed by atoms with Crippen molar-refractivity contribution >= 4 is 28.1 Å². The average Bonchev–Trinajstić information content (AvgIpc) is 2.73. The van der Waals surface area contributed by atoms with Gasteiger partial charge >= 0.3 is 0 Å². The van der Waals surface area contributed by atoms with Crippen LogP contribution in [0.15, 0.2) is 47.8 Å². The highest BCUT2D eigenvalue weighted by Gasteiger charge is 2.21. The van der Waals surface area contributed by atoms with Crippen LogP contribution in [0.1, 0.15) is 6.42 Å². The van der Waals surface area contributed by atoms with Crippen molar-refractivity contribution < 1.29 is 19.1 Å². The summed E-state index contributed by atoms with van der Waals surface area (Å²) in [6.45, 7) is 10.5. The molecule has 0 aliphatic rings. The van der Waals surface area contributed by atoms with E-state index in [1.54, 1.807) is 17.8 Å². The van der Waals surface area contributed by atoms with E-state index >= 15 is 0 Å². The lowest BCUT2D eigenvalue weighted by Crippen LogP contribution is -2.47. The van der Waals surface area contributed by atoms with Crippen molar-refractivity contribution in [1.82, 2.24) is 4.57 Å². The largest absolute Gasteiger partial charge is 0.496 e. The van der Waals surface area contributed by atoms with Crippen LogP contribution in [-0.2, 0) is 11.3 Å². The van der Waals surface area contributed by atoms with Gasteiger partial charge in [-0.15, -0.1) is 6.58 Å². The van der Waals surface area contributed by atoms with Crippen molar-refractivity contribution in [1.29, 1.82) is 0 Å². The molecule has 0 spiro atoms. The first-order chi connectivity index (χ1) is 14.8. The van der Waals surface area contributed by atoms with Crippen molar-refractivity contribution in [3.05, 3.63) is 58.7 Å². The number of benzene rings is 2. The first-order valence-corrected chi connectivity index (χ1v) is 10.6. The van der Waals surface area contributed by atoms with E-state index in [9.17, 15) is 9.90 Å². The molecule has 2 aromatic carbocycles. The third-order valence-corrected chi connectivity index (χ3v) is 5.73. The van der Waals surface area contributed by atoms with Gasteiger partial charge in [0.25, 0.3) is 5.56 Å². The smallest absolute Gasteiger partial charge is 0.258 e. The molecule has 1 aromatic heterocycles. The molecule has 0 bridgehead atoms. The molecular weight excluding hydrogens is 392 g/mol. The van der Waals surface area contributed by atoms with E-state index in [1.165, 1.54) is 0 Å². The summed E-state index contributed by atoms with van der Waals surface area (Å²) >= 11 is 0. The Morgan fingerprint density at radius 2 is 1.94 bits per heavy atom. The lowest BCUT2D eigenvalue weighted by molar-refractivity contribution is -0.893. The predicted octanol–water partition coefficient (Wildman–Crippen LogP) is 2.32. The minimum absolute atomic E-state index is 0.0282. The molecule has 3 aromatic rings. The van der Waals surface area contributed by atoms with Gasteiger partial charge in [0.15, 0.2) is 0 Å². The molecule has 3 rings (SSSR count). The predicted molar refractivity (Wildman–Crippen MR) is 126 cm³/mol. The highest BCUT2D eigenvalue weighted by Crippen LogP contribution is 2.30. The first-order valence-electron chi connectivity index (χ1n) is 10.6. The number of aliphatic hydroxyl groups is 1. The molecule has 0 saturated heterocycles. The molecular formula is C25H33N2O4+. The minimum Gasteiger partial charge on any atom is -0.496 e. The van der Waals surface area contributed by atoms with E-state index in [1.807, 2.05) is 30.3 Å². The van der Waals surface area contributed by atoms with Crippen molar-refractivity contribution in [2.75, 3.05) is 47.5 Å². The van der Waals surface area contributed by atoms with Crippen LogP contribution in [0.5, 0.6) is 5.75 Å². The van der Waals surface area contributed by atoms with E-state index in [-0.39, 0.29) is 5.56 Å². The van der Waals surface area contributed by atoms with E-state index in [0.29, 0.717) is 36.2 Å². The zero-order valence-electron chi connectivity index (χ0n) is 18.8. The van der Waals surface area contributed by atoms with E-state index < -0.39 is 6.10 Å². The maximum atomic E-state index is 13.2. The molecule has 0 fully saturated rings. The molecule has 0 radical (unpaired) electrons. The number of methoxy groups -OCH3 is 1. The van der Waals surface area contributed by atoms with Gasteiger partial charge in [-0.2, -0.15) is 0 Å². The second kappa shape index (κ2) is 9.64. The monoisotopic (exact) mass is 425 g/mol. The quantitative estimate of drug-likeness (QED) is 0.291. The van der Waals surface area contributed by atoms with Gasteiger partial charge in [-0.1, -0.05) is 30.9 Å². The highest BCUT2D eigenvalue weighted by molar-refractivity contribution is 6.11. The zero-order chi connectivity index (χ0) is 22.6. The Morgan fingerprint density at radius 3 is 2.65 bits per heavy atom. The van der Waals surface area contributed by atoms with Gasteiger partial charge in [0, 0.05) is 39.9 Å². The average molecular weight is 426 g/mol. The number of ether oxygens (including phenoxy) is 2. The fraction of sp³-hybridized carbons (Fsp3) is 0.400. The van der Waals surface area contributed by atoms with Gasteiger partial charge in [0.05, 0.1) is 41.0 Å². The summed E-state index contributed by atoms with van der Waals surface area (Å²) in [5.74, 6) is 0.754. The van der Waals surface area contributed by atoms with Crippen molar-refractivity contribution in [3.8, 4) is 5.75 Å². The molecule has 0 aliphatic carbocycles. The van der Waals surface area contributed by atoms with Crippen LogP contribution in [0.3, 0.4) is 0 Å². The van der Waals surface area contributed by atoms with Crippen molar-refractivity contribution in [3.63, 3.8) is 0 Å². The number of hydrogen-bond donors (Lipinski definition) is 1. The zero-order valence-corrected chi connectivity index (χ0v) is 18.8. The number of hydrogen-bond acceptors (Lipinski definition) is 4. The number of quaternary nitrogens is 1. The standard InChI is InChI=1S/C25H33N2O4/c1-6-15-31-17-19(28)16-27(3,4)14-8-13-26-18(2)20-9-7-10-21-23(30-5)12-11-22(24(20)21)25(26)29/h6-7,9-12,19,28H,1-2,8,13-17H2,3-5H3/q+1. The second-order valence-corrected chi connectivity index (χ2v) is 8.62. The number of likely N-dealkylation sites (N-methyl/N-ethyl adjacent to an activating group) is 1. The highest BCUT2D eigenvalue weighted by atomic mass is 16.5. The third kappa shape index (κ3) is 4.98. The molecule has 0 aliphatic heterocycles. The summed E-state index contributed by atoms with van der Waals surface area (Å²) in [6.07, 6.45) is 1.92. The summed E-state index contributed by atoms with van der Waals surface area (Å²) < 4.78 is 13.2. The van der Waals surface area contributed by atoms with Crippen LogP contribution >= 0.6 is 0 Å². The molecule has 0 saturated carbocycles. The summed E-state index contributed by atoms with van der Waals surface area (Å²) in [6, 6.07) is 9.64. The van der Waals surface area contributed by atoms with Gasteiger partial charge < -0.3 is 23.6 Å². The Labute approximate surface area is 183 Å². The summed E-state index contributed by atoms with van der Waals surface area (Å²) in [5.41, 5.74) is -0.0282. The van der Waals surface area contributed by atoms with Crippen LogP contribution in [0, 0.1) is 0 Å². The molecule has 1 unspecified atom stereocenters. The third-order valence-electron chi connectivity index (χ3n) is 5.73. The van der Waals surface area contributed by atoms with E-state index in [0.717, 1.165) is 40.2 Å². The van der Waals surface area contributed by atoms with Gasteiger partial charge in [0.2, 0.25) is 0 Å². The summed E-state index contributed by atoms with van der Waals surface area (Å²) in [7, 11) is 5.79. The molecule has 1 heterocycles. The molecule has 0 amide bonds. The van der Waals surface area contributed by atoms with E-state index in [4.69, 9.17) is 9.47 Å². The number of aromatic nitrogens is 1. The number of nitrogens with zero attached hydrogens (tertiary/aromatic N) is 2. The lowest BCUT2D eigenvalue weighted by atomic mass is 10.0. The molecule has 31 heavy (non-hydrogen) atoms. The Kier molecular flexibility index (Phi) is 7.15. The van der Waals surface area contributed by atoms with Gasteiger partial charge in [0.1, 0.15) is 18.4 Å². The van der Waals surface area contributed by atoms with Crippen molar-refractivity contribution in [2.24, 2.45) is 0 Å². The van der Waals surface area contributed by atoms with Crippen LogP contribution in [0.2, 0.25) is 0 Å². The number of pyridine rings is 1. The molecule has 6 heteroatoms. The summed E-state index contributed by atoms with van der Waals surface area (Å²) in [4.78, 5) is 13.2. The first kappa shape index (κ1) is 23.0. The SMILES string of the molecule is C=CCOCC(O)C[N+](C)(C)CCCn1c(=C)c2cccc3c(OC)ccc(c1=O)c32. The fourth-order valence-electron chi connectivity index (χ4n) is 4.29. The maximum absolute atomic E-state index is 13.2. The minimum atomic E-state index is -0.541. The summed E-state index contributed by atoms with van der Waals surface area (Å²) in [5, 5.41) is 14.4. The maximum Gasteiger partial charge on any atom is 0.258 e. The Morgan fingerprint density at radius 1 is 1.19 bits per heavy atom. The Balaban J connectivity index is 1.79. The Bertz CT molecular complexity index is 1130. The van der Waals surface area contributed by atoms with Gasteiger partial charge in [-0.25, -0.2) is 0 Å². The lowest BCUT2D eigenvalue weighted by Gasteiger charge is -2.32. The van der Waals surface area contributed by atoms with Gasteiger partial charge in [-0.3, -0.25) is 4.79 Å². The van der Waals surface area contributed by atoms with Crippen molar-refractivity contribution in [2.45, 2.75) is 19.1 Å². The second-order valence-electron chi connectivity index (χ2n) is 8.62. The molecule has 1 N–H and O–H groups in total. The van der Waals surface area contributed by atoms with Crippen LogP contribution in [-0.4, -0.2) is 67.8 Å². The van der Waals surface area contributed by atoms with Gasteiger partial charge in [-0.05, 0) is 12.1 Å². The van der Waals surface area contributed by atoms with E-state index in [2.05, 4.69) is 27.3 Å². The normalized spacial score (nSPS) is 13.0. The molecule has 1 atom stereocenters. The Hall–Kier alpha value is -2.67. The number of rotatable bonds is 11. The molecule has 166 valence electrons. The molecule has 6 nitrogen and oxygen atoms in total. The van der Waals surface area contributed by atoms with Crippen LogP contribution in [0.25, 0.3) is 28.1 Å². The topological polar surface area (TPSA) is 60.7 Å². The van der Waals surface area contributed by atoms with Crippen LogP contribution in [0.4, 0.5) is 0 Å².